The van der Waals surface area contributed by atoms with Crippen molar-refractivity contribution in [2.45, 2.75) is 12.4 Å². The SMILES string of the molecule is BC(C=C)(OCC)c1ccc2c3ccccc3c3ccccc3c2c1. The minimum absolute atomic E-state index is 0.476. The number of hydrogen-bond acceptors (Lipinski definition) is 1. The van der Waals surface area contributed by atoms with Gasteiger partial charge < -0.3 is 4.74 Å². The fraction of sp³-hybridized carbons (Fsp3) is 0.130. The lowest BCUT2D eigenvalue weighted by molar-refractivity contribution is 0.0616. The number of ether oxygens (including phenoxy) is 1. The molecule has 0 amide bonds. The number of rotatable bonds is 4. The van der Waals surface area contributed by atoms with Gasteiger partial charge in [-0.25, -0.2) is 0 Å². The minimum atomic E-state index is -0.476. The van der Waals surface area contributed by atoms with Crippen molar-refractivity contribution in [1.82, 2.24) is 0 Å². The second-order valence-electron chi connectivity index (χ2n) is 6.60. The van der Waals surface area contributed by atoms with Crippen LogP contribution in [0.2, 0.25) is 0 Å². The van der Waals surface area contributed by atoms with E-state index in [0.29, 0.717) is 6.61 Å². The summed E-state index contributed by atoms with van der Waals surface area (Å²) in [6.45, 7) is 6.67. The van der Waals surface area contributed by atoms with Crippen molar-refractivity contribution in [1.29, 1.82) is 0 Å². The summed E-state index contributed by atoms with van der Waals surface area (Å²) in [6.07, 6.45) is 1.89. The van der Waals surface area contributed by atoms with Crippen LogP contribution in [-0.2, 0) is 10.2 Å². The monoisotopic (exact) mass is 324 g/mol. The Balaban J connectivity index is 2.13. The molecule has 0 heterocycles. The summed E-state index contributed by atoms with van der Waals surface area (Å²) >= 11 is 0. The molecule has 1 unspecified atom stereocenters. The summed E-state index contributed by atoms with van der Waals surface area (Å²) in [6, 6.07) is 23.9. The van der Waals surface area contributed by atoms with E-state index in [0.717, 1.165) is 5.56 Å². The van der Waals surface area contributed by atoms with Gasteiger partial charge in [-0.05, 0) is 50.9 Å². The van der Waals surface area contributed by atoms with E-state index < -0.39 is 5.50 Å². The third-order valence-electron chi connectivity index (χ3n) is 5.15. The molecule has 0 aliphatic heterocycles. The summed E-state index contributed by atoms with van der Waals surface area (Å²) in [5, 5.41) is 7.70. The van der Waals surface area contributed by atoms with Gasteiger partial charge in [-0.2, -0.15) is 0 Å². The Morgan fingerprint density at radius 1 is 0.840 bits per heavy atom. The van der Waals surface area contributed by atoms with Gasteiger partial charge in [0.1, 0.15) is 0 Å². The quantitative estimate of drug-likeness (QED) is 0.286. The Morgan fingerprint density at radius 2 is 1.32 bits per heavy atom. The van der Waals surface area contributed by atoms with Gasteiger partial charge in [0.25, 0.3) is 0 Å². The van der Waals surface area contributed by atoms with Gasteiger partial charge in [-0.3, -0.25) is 0 Å². The van der Waals surface area contributed by atoms with Crippen LogP contribution in [0, 0.1) is 0 Å². The number of hydrogen-bond donors (Lipinski definition) is 0. The van der Waals surface area contributed by atoms with Crippen LogP contribution in [0.4, 0.5) is 0 Å². The zero-order valence-corrected chi connectivity index (χ0v) is 14.8. The van der Waals surface area contributed by atoms with Crippen LogP contribution in [0.5, 0.6) is 0 Å². The highest BCUT2D eigenvalue weighted by Crippen LogP contribution is 2.37. The Labute approximate surface area is 149 Å². The molecule has 0 saturated carbocycles. The standard InChI is InChI=1S/C23H21BO/c1-3-23(24,25-4-2)16-13-14-21-19-11-6-5-9-17(19)18-10-7-8-12-20(18)22(21)15-16/h3,5-15H,1,4,24H2,2H3. The third-order valence-corrected chi connectivity index (χ3v) is 5.15. The number of benzene rings is 4. The smallest absolute Gasteiger partial charge is 0.154 e. The maximum absolute atomic E-state index is 6.00. The van der Waals surface area contributed by atoms with Crippen molar-refractivity contribution in [3.8, 4) is 0 Å². The molecule has 0 aliphatic carbocycles. The number of fused-ring (bicyclic) bond motifs is 6. The van der Waals surface area contributed by atoms with Crippen LogP contribution in [0.15, 0.2) is 79.4 Å². The van der Waals surface area contributed by atoms with E-state index in [-0.39, 0.29) is 0 Å². The molecule has 1 atom stereocenters. The highest BCUT2D eigenvalue weighted by atomic mass is 16.5. The molecule has 4 rings (SSSR count). The largest absolute Gasteiger partial charge is 0.376 e. The van der Waals surface area contributed by atoms with Crippen LogP contribution in [0.3, 0.4) is 0 Å². The molecule has 0 bridgehead atoms. The second-order valence-corrected chi connectivity index (χ2v) is 6.60. The zero-order chi connectivity index (χ0) is 17.4. The first-order valence-electron chi connectivity index (χ1n) is 8.79. The van der Waals surface area contributed by atoms with E-state index in [2.05, 4.69) is 81.2 Å². The molecular formula is C23H21BO. The van der Waals surface area contributed by atoms with E-state index in [4.69, 9.17) is 4.74 Å². The first-order chi connectivity index (χ1) is 12.2. The van der Waals surface area contributed by atoms with Crippen molar-refractivity contribution in [3.05, 3.63) is 84.9 Å². The summed E-state index contributed by atoms with van der Waals surface area (Å²) in [5.41, 5.74) is 0.660. The molecule has 0 saturated heterocycles. The Morgan fingerprint density at radius 3 is 1.80 bits per heavy atom. The normalized spacial score (nSPS) is 14.0. The molecule has 4 aromatic carbocycles. The summed E-state index contributed by atoms with van der Waals surface area (Å²) < 4.78 is 6.00. The molecule has 0 fully saturated rings. The fourth-order valence-electron chi connectivity index (χ4n) is 3.78. The Hall–Kier alpha value is -2.58. The molecule has 1 nitrogen and oxygen atoms in total. The molecule has 0 N–H and O–H groups in total. The highest BCUT2D eigenvalue weighted by molar-refractivity contribution is 6.25. The van der Waals surface area contributed by atoms with Gasteiger partial charge >= 0.3 is 0 Å². The van der Waals surface area contributed by atoms with E-state index >= 15 is 0 Å². The lowest BCUT2D eigenvalue weighted by atomic mass is 9.74. The predicted octanol–water partition coefficient (Wildman–Crippen LogP) is 5.15. The minimum Gasteiger partial charge on any atom is -0.376 e. The van der Waals surface area contributed by atoms with Gasteiger partial charge in [0, 0.05) is 6.61 Å². The van der Waals surface area contributed by atoms with Gasteiger partial charge in [0.15, 0.2) is 7.85 Å². The first-order valence-corrected chi connectivity index (χ1v) is 8.79. The second kappa shape index (κ2) is 6.05. The van der Waals surface area contributed by atoms with Crippen molar-refractivity contribution >= 4 is 40.2 Å². The van der Waals surface area contributed by atoms with Gasteiger partial charge in [0.05, 0.1) is 5.50 Å². The fourth-order valence-corrected chi connectivity index (χ4v) is 3.78. The van der Waals surface area contributed by atoms with Crippen molar-refractivity contribution in [2.24, 2.45) is 0 Å². The van der Waals surface area contributed by atoms with Crippen LogP contribution >= 0.6 is 0 Å². The van der Waals surface area contributed by atoms with Crippen LogP contribution < -0.4 is 0 Å². The van der Waals surface area contributed by atoms with Crippen molar-refractivity contribution in [3.63, 3.8) is 0 Å². The average Bonchev–Trinajstić information content (AvgIpc) is 2.68. The summed E-state index contributed by atoms with van der Waals surface area (Å²) in [5.74, 6) is 0. The van der Waals surface area contributed by atoms with Gasteiger partial charge in [-0.15, -0.1) is 6.58 Å². The van der Waals surface area contributed by atoms with Gasteiger partial charge in [-0.1, -0.05) is 66.7 Å². The van der Waals surface area contributed by atoms with E-state index in [9.17, 15) is 0 Å². The van der Waals surface area contributed by atoms with E-state index in [1.54, 1.807) is 0 Å². The predicted molar refractivity (Wildman–Crippen MR) is 111 cm³/mol. The lowest BCUT2D eigenvalue weighted by Gasteiger charge is -2.27. The van der Waals surface area contributed by atoms with Crippen LogP contribution in [0.25, 0.3) is 32.3 Å². The van der Waals surface area contributed by atoms with Crippen molar-refractivity contribution < 1.29 is 4.74 Å². The molecule has 0 spiro atoms. The van der Waals surface area contributed by atoms with Crippen LogP contribution in [0.1, 0.15) is 12.5 Å². The molecule has 0 aliphatic rings. The zero-order valence-electron chi connectivity index (χ0n) is 14.8. The maximum Gasteiger partial charge on any atom is 0.154 e. The van der Waals surface area contributed by atoms with Crippen molar-refractivity contribution in [2.75, 3.05) is 6.61 Å². The molecule has 25 heavy (non-hydrogen) atoms. The average molecular weight is 324 g/mol. The third kappa shape index (κ3) is 2.45. The lowest BCUT2D eigenvalue weighted by Crippen LogP contribution is -2.27. The molecule has 0 radical (unpaired) electrons. The molecule has 122 valence electrons. The van der Waals surface area contributed by atoms with Gasteiger partial charge in [0.2, 0.25) is 0 Å². The summed E-state index contributed by atoms with van der Waals surface area (Å²) in [7, 11) is 2.08. The topological polar surface area (TPSA) is 9.23 Å². The van der Waals surface area contributed by atoms with Crippen LogP contribution in [-0.4, -0.2) is 14.5 Å². The van der Waals surface area contributed by atoms with E-state index in [1.807, 2.05) is 13.0 Å². The first kappa shape index (κ1) is 15.9. The molecular weight excluding hydrogens is 303 g/mol. The highest BCUT2D eigenvalue weighted by Gasteiger charge is 2.23. The summed E-state index contributed by atoms with van der Waals surface area (Å²) in [4.78, 5) is 0. The maximum atomic E-state index is 6.00. The Bertz CT molecular complexity index is 1060. The van der Waals surface area contributed by atoms with E-state index in [1.165, 1.54) is 32.3 Å². The Kier molecular flexibility index (Phi) is 3.86. The molecule has 4 aromatic rings. The molecule has 0 aromatic heterocycles. The molecule has 2 heteroatoms.